The van der Waals surface area contributed by atoms with Gasteiger partial charge in [-0.05, 0) is 38.0 Å². The van der Waals surface area contributed by atoms with E-state index in [0.717, 1.165) is 0 Å². The van der Waals surface area contributed by atoms with Gasteiger partial charge in [-0.2, -0.15) is 5.10 Å². The van der Waals surface area contributed by atoms with Crippen molar-refractivity contribution in [3.05, 3.63) is 50.8 Å². The van der Waals surface area contributed by atoms with Crippen molar-refractivity contribution in [1.82, 2.24) is 9.78 Å². The summed E-state index contributed by atoms with van der Waals surface area (Å²) in [4.78, 5) is 23.3. The number of hydrogen-bond donors (Lipinski definition) is 1. The Kier molecular flexibility index (Phi) is 5.85. The third kappa shape index (κ3) is 4.07. The van der Waals surface area contributed by atoms with E-state index in [0.29, 0.717) is 40.4 Å². The fourth-order valence-electron chi connectivity index (χ4n) is 2.50. The molecule has 0 saturated heterocycles. The zero-order chi connectivity index (χ0) is 17.9. The molecule has 0 saturated carbocycles. The summed E-state index contributed by atoms with van der Waals surface area (Å²) in [6.07, 6.45) is -0.419. The van der Waals surface area contributed by atoms with Crippen molar-refractivity contribution in [3.63, 3.8) is 0 Å². The highest BCUT2D eigenvalue weighted by molar-refractivity contribution is 6.37. The van der Waals surface area contributed by atoms with E-state index in [1.165, 1.54) is 6.07 Å². The Bertz CT molecular complexity index is 787. The van der Waals surface area contributed by atoms with Gasteiger partial charge in [-0.15, -0.1) is 0 Å². The second-order valence-corrected chi connectivity index (χ2v) is 6.05. The Morgan fingerprint density at radius 2 is 2.04 bits per heavy atom. The van der Waals surface area contributed by atoms with E-state index in [2.05, 4.69) is 9.84 Å². The minimum atomic E-state index is -1.32. The zero-order valence-corrected chi connectivity index (χ0v) is 14.7. The number of carboxylic acid groups (broad SMARTS) is 1. The minimum absolute atomic E-state index is 0.0505. The molecule has 1 aromatic heterocycles. The van der Waals surface area contributed by atoms with Crippen LogP contribution < -0.4 is 0 Å². The molecule has 0 bridgehead atoms. The molecule has 1 aromatic carbocycles. The topological polar surface area (TPSA) is 81.4 Å². The lowest BCUT2D eigenvalue weighted by molar-refractivity contribution is 0.0903. The Morgan fingerprint density at radius 3 is 2.67 bits per heavy atom. The van der Waals surface area contributed by atoms with Crippen LogP contribution in [0.15, 0.2) is 18.2 Å². The van der Waals surface area contributed by atoms with Gasteiger partial charge in [0.25, 0.3) is 0 Å². The van der Waals surface area contributed by atoms with Crippen LogP contribution in [0.2, 0.25) is 10.0 Å². The van der Waals surface area contributed by atoms with Gasteiger partial charge in [0.05, 0.1) is 22.9 Å². The van der Waals surface area contributed by atoms with Crippen LogP contribution in [0.25, 0.3) is 0 Å². The molecule has 1 heterocycles. The van der Waals surface area contributed by atoms with Crippen molar-refractivity contribution in [2.24, 2.45) is 7.05 Å². The molecule has 0 amide bonds. The monoisotopic (exact) mass is 370 g/mol. The number of halogens is 2. The van der Waals surface area contributed by atoms with Crippen LogP contribution in [-0.4, -0.2) is 33.4 Å². The molecule has 128 valence electrons. The number of ether oxygens (including phenoxy) is 1. The molecule has 0 fully saturated rings. The largest absolute Gasteiger partial charge is 0.505 e. The number of carbonyl (C=O) groups excluding carboxylic acids is 1. The lowest BCUT2D eigenvalue weighted by Gasteiger charge is -2.08. The fraction of sp³-hybridized carbons (Fsp3) is 0.312. The predicted octanol–water partition coefficient (Wildman–Crippen LogP) is 3.89. The summed E-state index contributed by atoms with van der Waals surface area (Å²) in [5.74, 6) is -0.239. The van der Waals surface area contributed by atoms with Gasteiger partial charge in [-0.25, -0.2) is 4.79 Å². The van der Waals surface area contributed by atoms with E-state index in [1.807, 2.05) is 0 Å². The number of aromatic nitrogens is 2. The highest BCUT2D eigenvalue weighted by Crippen LogP contribution is 2.26. The Morgan fingerprint density at radius 1 is 1.33 bits per heavy atom. The Labute approximate surface area is 148 Å². The Balaban J connectivity index is 2.29. The van der Waals surface area contributed by atoms with Crippen molar-refractivity contribution >= 4 is 35.1 Å². The number of carbonyl (C=O) groups is 2. The molecule has 0 aliphatic carbocycles. The van der Waals surface area contributed by atoms with Gasteiger partial charge < -0.3 is 9.84 Å². The molecule has 0 aliphatic heterocycles. The molecule has 1 N–H and O–H groups in total. The van der Waals surface area contributed by atoms with E-state index in [-0.39, 0.29) is 17.4 Å². The van der Waals surface area contributed by atoms with Crippen LogP contribution in [0.4, 0.5) is 4.79 Å². The molecule has 0 unspecified atom stereocenters. The van der Waals surface area contributed by atoms with Crippen LogP contribution in [0, 0.1) is 6.92 Å². The average Bonchev–Trinajstić information content (AvgIpc) is 2.76. The Hall–Kier alpha value is -2.05. The second-order valence-electron chi connectivity index (χ2n) is 5.20. The summed E-state index contributed by atoms with van der Waals surface area (Å²) >= 11 is 12.0. The van der Waals surface area contributed by atoms with Crippen LogP contribution >= 0.6 is 23.2 Å². The molecule has 2 aromatic rings. The first-order chi connectivity index (χ1) is 11.3. The molecule has 6 nitrogen and oxygen atoms in total. The summed E-state index contributed by atoms with van der Waals surface area (Å²) in [7, 11) is 1.74. The first-order valence-electron chi connectivity index (χ1n) is 7.19. The first kappa shape index (κ1) is 18.3. The SMILES string of the molecule is Cc1nn(C)c(CCCOC(=O)O)c1C(=O)c1ccc(Cl)cc1Cl. The molecular formula is C16H16Cl2N2O4. The van der Waals surface area contributed by atoms with Crippen molar-refractivity contribution in [3.8, 4) is 0 Å². The molecule has 0 radical (unpaired) electrons. The normalized spacial score (nSPS) is 10.7. The maximum absolute atomic E-state index is 12.9. The highest BCUT2D eigenvalue weighted by Gasteiger charge is 2.23. The van der Waals surface area contributed by atoms with Gasteiger partial charge in [0.1, 0.15) is 0 Å². The zero-order valence-electron chi connectivity index (χ0n) is 13.2. The summed E-state index contributed by atoms with van der Waals surface area (Å²) < 4.78 is 6.11. The summed E-state index contributed by atoms with van der Waals surface area (Å²) in [5.41, 5.74) is 2.11. The fourth-order valence-corrected chi connectivity index (χ4v) is 2.99. The van der Waals surface area contributed by atoms with Crippen molar-refractivity contribution in [2.45, 2.75) is 19.8 Å². The number of nitrogens with zero attached hydrogens (tertiary/aromatic N) is 2. The third-order valence-electron chi connectivity index (χ3n) is 3.53. The maximum Gasteiger partial charge on any atom is 0.505 e. The summed E-state index contributed by atoms with van der Waals surface area (Å²) in [5, 5.41) is 13.5. The molecule has 0 spiro atoms. The molecule has 8 heteroatoms. The third-order valence-corrected chi connectivity index (χ3v) is 4.08. The minimum Gasteiger partial charge on any atom is -0.450 e. The van der Waals surface area contributed by atoms with Gasteiger partial charge >= 0.3 is 6.16 Å². The lowest BCUT2D eigenvalue weighted by atomic mass is 9.99. The van der Waals surface area contributed by atoms with Crippen LogP contribution in [0.3, 0.4) is 0 Å². The molecule has 2 rings (SSSR count). The van der Waals surface area contributed by atoms with E-state index in [1.54, 1.807) is 30.8 Å². The van der Waals surface area contributed by atoms with E-state index in [4.69, 9.17) is 28.3 Å². The van der Waals surface area contributed by atoms with Crippen molar-refractivity contribution in [2.75, 3.05) is 6.61 Å². The van der Waals surface area contributed by atoms with Crippen LogP contribution in [0.1, 0.15) is 33.7 Å². The van der Waals surface area contributed by atoms with Gasteiger partial charge in [0, 0.05) is 23.3 Å². The molecule has 0 atom stereocenters. The standard InChI is InChI=1S/C16H16Cl2N2O4/c1-9-14(15(21)11-6-5-10(17)8-12(11)18)13(20(2)19-9)4-3-7-24-16(22)23/h5-6,8H,3-4,7H2,1-2H3,(H,22,23). The van der Waals surface area contributed by atoms with E-state index in [9.17, 15) is 9.59 Å². The smallest absolute Gasteiger partial charge is 0.450 e. The van der Waals surface area contributed by atoms with Crippen LogP contribution in [-0.2, 0) is 18.2 Å². The quantitative estimate of drug-likeness (QED) is 0.473. The number of benzene rings is 1. The maximum atomic E-state index is 12.9. The first-order valence-corrected chi connectivity index (χ1v) is 7.94. The molecule has 0 aliphatic rings. The number of ketones is 1. The summed E-state index contributed by atoms with van der Waals surface area (Å²) in [6, 6.07) is 4.70. The van der Waals surface area contributed by atoms with Gasteiger partial charge in [-0.3, -0.25) is 9.48 Å². The number of hydrogen-bond acceptors (Lipinski definition) is 4. The van der Waals surface area contributed by atoms with Gasteiger partial charge in [-0.1, -0.05) is 23.2 Å². The lowest BCUT2D eigenvalue weighted by Crippen LogP contribution is -2.10. The van der Waals surface area contributed by atoms with Gasteiger partial charge in [0.15, 0.2) is 5.78 Å². The summed E-state index contributed by atoms with van der Waals surface area (Å²) in [6.45, 7) is 1.79. The van der Waals surface area contributed by atoms with Crippen molar-refractivity contribution in [1.29, 1.82) is 0 Å². The molecule has 24 heavy (non-hydrogen) atoms. The number of rotatable bonds is 6. The molecular weight excluding hydrogens is 355 g/mol. The van der Waals surface area contributed by atoms with Crippen molar-refractivity contribution < 1.29 is 19.4 Å². The van der Waals surface area contributed by atoms with E-state index < -0.39 is 6.16 Å². The average molecular weight is 371 g/mol. The second kappa shape index (κ2) is 7.68. The highest BCUT2D eigenvalue weighted by atomic mass is 35.5. The van der Waals surface area contributed by atoms with Crippen LogP contribution in [0.5, 0.6) is 0 Å². The number of aryl methyl sites for hydroxylation is 2. The van der Waals surface area contributed by atoms with E-state index >= 15 is 0 Å². The van der Waals surface area contributed by atoms with Gasteiger partial charge in [0.2, 0.25) is 0 Å². The predicted molar refractivity (Wildman–Crippen MR) is 90.1 cm³/mol.